The third-order valence-electron chi connectivity index (χ3n) is 2.69. The maximum absolute atomic E-state index is 13.4. The minimum absolute atomic E-state index is 0.454. The highest BCUT2D eigenvalue weighted by atomic mass is 32.2. The van der Waals surface area contributed by atoms with Gasteiger partial charge in [-0.15, -0.1) is 0 Å². The second-order valence-corrected chi connectivity index (χ2v) is 5.87. The first-order valence-corrected chi connectivity index (χ1v) is 7.55. The van der Waals surface area contributed by atoms with Gasteiger partial charge in [-0.3, -0.25) is 4.72 Å². The van der Waals surface area contributed by atoms with E-state index in [-0.39, 0.29) is 0 Å². The molecule has 0 radical (unpaired) electrons. The van der Waals surface area contributed by atoms with Crippen LogP contribution in [-0.4, -0.2) is 8.42 Å². The van der Waals surface area contributed by atoms with Gasteiger partial charge >= 0.3 is 0 Å². The number of hydrogen-bond donors (Lipinski definition) is 1. The highest BCUT2D eigenvalue weighted by molar-refractivity contribution is 7.95. The van der Waals surface area contributed by atoms with Crippen molar-refractivity contribution in [3.63, 3.8) is 0 Å². The van der Waals surface area contributed by atoms with Crippen LogP contribution in [0.1, 0.15) is 5.56 Å². The summed E-state index contributed by atoms with van der Waals surface area (Å²) >= 11 is 0. The maximum atomic E-state index is 13.4. The molecule has 0 aromatic heterocycles. The Morgan fingerprint density at radius 1 is 0.783 bits per heavy atom. The SMILES string of the molecule is O=S(=O)(/C=C/c1ccccc1)Nc1c(F)c(F)c(F)c(F)c1F. The lowest BCUT2D eigenvalue weighted by atomic mass is 10.2. The van der Waals surface area contributed by atoms with Crippen LogP contribution in [0.25, 0.3) is 6.08 Å². The predicted octanol–water partition coefficient (Wildman–Crippen LogP) is 3.79. The Balaban J connectivity index is 2.37. The molecule has 0 spiro atoms. The van der Waals surface area contributed by atoms with E-state index in [9.17, 15) is 30.4 Å². The second-order valence-electron chi connectivity index (χ2n) is 4.31. The zero-order chi connectivity index (χ0) is 17.2. The Labute approximate surface area is 128 Å². The van der Waals surface area contributed by atoms with E-state index in [0.29, 0.717) is 11.0 Å². The first-order chi connectivity index (χ1) is 10.7. The summed E-state index contributed by atoms with van der Waals surface area (Å²) in [6.45, 7) is 0. The van der Waals surface area contributed by atoms with Gasteiger partial charge < -0.3 is 0 Å². The van der Waals surface area contributed by atoms with Gasteiger partial charge in [-0.05, 0) is 11.6 Å². The van der Waals surface area contributed by atoms with Crippen LogP contribution >= 0.6 is 0 Å². The van der Waals surface area contributed by atoms with E-state index in [2.05, 4.69) is 0 Å². The van der Waals surface area contributed by atoms with Crippen molar-refractivity contribution in [2.24, 2.45) is 0 Å². The number of hydrogen-bond acceptors (Lipinski definition) is 2. The first-order valence-electron chi connectivity index (χ1n) is 6.00. The summed E-state index contributed by atoms with van der Waals surface area (Å²) in [5.41, 5.74) is -1.19. The van der Waals surface area contributed by atoms with Gasteiger partial charge in [0.25, 0.3) is 10.0 Å². The Bertz CT molecular complexity index is 837. The quantitative estimate of drug-likeness (QED) is 0.519. The van der Waals surface area contributed by atoms with Crippen molar-refractivity contribution in [2.45, 2.75) is 0 Å². The summed E-state index contributed by atoms with van der Waals surface area (Å²) in [7, 11) is -4.49. The van der Waals surface area contributed by atoms with Crippen molar-refractivity contribution in [1.82, 2.24) is 0 Å². The van der Waals surface area contributed by atoms with Gasteiger partial charge in [-0.2, -0.15) is 0 Å². The van der Waals surface area contributed by atoms with E-state index in [4.69, 9.17) is 0 Å². The average molecular weight is 349 g/mol. The number of sulfonamides is 1. The summed E-state index contributed by atoms with van der Waals surface area (Å²) in [6, 6.07) is 8.00. The smallest absolute Gasteiger partial charge is 0.255 e. The van der Waals surface area contributed by atoms with E-state index in [1.165, 1.54) is 4.72 Å². The van der Waals surface area contributed by atoms with Crippen molar-refractivity contribution < 1.29 is 30.4 Å². The van der Waals surface area contributed by atoms with E-state index in [1.807, 2.05) is 0 Å². The van der Waals surface area contributed by atoms with Gasteiger partial charge in [-0.1, -0.05) is 30.3 Å². The molecule has 0 heterocycles. The van der Waals surface area contributed by atoms with Crippen LogP contribution in [0.15, 0.2) is 35.7 Å². The third kappa shape index (κ3) is 3.67. The fourth-order valence-corrected chi connectivity index (χ4v) is 2.47. The average Bonchev–Trinajstić information content (AvgIpc) is 2.54. The topological polar surface area (TPSA) is 46.2 Å². The van der Waals surface area contributed by atoms with Crippen LogP contribution in [0.5, 0.6) is 0 Å². The van der Waals surface area contributed by atoms with Gasteiger partial charge in [0.2, 0.25) is 5.82 Å². The third-order valence-corrected chi connectivity index (χ3v) is 3.68. The lowest BCUT2D eigenvalue weighted by Gasteiger charge is -2.09. The molecule has 0 unspecified atom stereocenters. The Morgan fingerprint density at radius 2 is 1.26 bits per heavy atom. The van der Waals surface area contributed by atoms with E-state index < -0.39 is 44.8 Å². The van der Waals surface area contributed by atoms with E-state index >= 15 is 0 Å². The second kappa shape index (κ2) is 6.37. The Hall–Kier alpha value is -2.42. The van der Waals surface area contributed by atoms with Crippen LogP contribution < -0.4 is 4.72 Å². The molecule has 0 amide bonds. The number of anilines is 1. The molecule has 0 aliphatic heterocycles. The lowest BCUT2D eigenvalue weighted by Crippen LogP contribution is -2.15. The molecule has 0 saturated heterocycles. The molecule has 23 heavy (non-hydrogen) atoms. The number of nitrogens with one attached hydrogen (secondary N) is 1. The summed E-state index contributed by atoms with van der Waals surface area (Å²) in [6.07, 6.45) is 1.09. The standard InChI is InChI=1S/C14H8F5NO2S/c15-9-10(16)12(18)14(13(19)11(9)17)20-23(21,22)7-6-8-4-2-1-3-5-8/h1-7,20H/b7-6+. The molecule has 3 nitrogen and oxygen atoms in total. The van der Waals surface area contributed by atoms with Crippen molar-refractivity contribution in [3.05, 3.63) is 70.4 Å². The predicted molar refractivity (Wildman–Crippen MR) is 74.3 cm³/mol. The van der Waals surface area contributed by atoms with Gasteiger partial charge in [-0.25, -0.2) is 30.4 Å². The lowest BCUT2D eigenvalue weighted by molar-refractivity contribution is 0.382. The molecule has 122 valence electrons. The van der Waals surface area contributed by atoms with Crippen LogP contribution in [0.4, 0.5) is 27.6 Å². The zero-order valence-electron chi connectivity index (χ0n) is 11.2. The molecular weight excluding hydrogens is 341 g/mol. The Kier molecular flexibility index (Phi) is 4.69. The van der Waals surface area contributed by atoms with Gasteiger partial charge in [0, 0.05) is 0 Å². The fourth-order valence-electron chi connectivity index (χ4n) is 1.60. The van der Waals surface area contributed by atoms with Crippen LogP contribution in [-0.2, 0) is 10.0 Å². The number of halogens is 5. The number of rotatable bonds is 4. The monoisotopic (exact) mass is 349 g/mol. The first kappa shape index (κ1) is 16.9. The molecule has 2 aromatic carbocycles. The van der Waals surface area contributed by atoms with Crippen molar-refractivity contribution in [3.8, 4) is 0 Å². The van der Waals surface area contributed by atoms with Crippen LogP contribution in [0.3, 0.4) is 0 Å². The normalized spacial score (nSPS) is 11.9. The Morgan fingerprint density at radius 3 is 1.78 bits per heavy atom. The van der Waals surface area contributed by atoms with E-state index in [0.717, 1.165) is 6.08 Å². The minimum atomic E-state index is -4.49. The van der Waals surface area contributed by atoms with Crippen molar-refractivity contribution >= 4 is 21.8 Å². The van der Waals surface area contributed by atoms with Crippen molar-refractivity contribution in [1.29, 1.82) is 0 Å². The van der Waals surface area contributed by atoms with Gasteiger partial charge in [0.1, 0.15) is 5.69 Å². The minimum Gasteiger partial charge on any atom is -0.274 e. The zero-order valence-corrected chi connectivity index (χ0v) is 12.0. The van der Waals surface area contributed by atoms with Crippen LogP contribution in [0.2, 0.25) is 0 Å². The molecule has 2 rings (SSSR count). The van der Waals surface area contributed by atoms with Crippen molar-refractivity contribution in [2.75, 3.05) is 4.72 Å². The fraction of sp³-hybridized carbons (Fsp3) is 0. The molecule has 9 heteroatoms. The van der Waals surface area contributed by atoms with E-state index in [1.54, 1.807) is 30.3 Å². The summed E-state index contributed by atoms with van der Waals surface area (Å²) < 4.78 is 90.5. The highest BCUT2D eigenvalue weighted by Crippen LogP contribution is 2.28. The largest absolute Gasteiger partial charge is 0.274 e. The molecule has 0 bridgehead atoms. The van der Waals surface area contributed by atoms with Gasteiger partial charge in [0.15, 0.2) is 23.3 Å². The molecule has 0 aliphatic rings. The summed E-state index contributed by atoms with van der Waals surface area (Å²) in [5, 5.41) is 0.542. The number of benzene rings is 2. The van der Waals surface area contributed by atoms with Gasteiger partial charge in [0.05, 0.1) is 5.41 Å². The maximum Gasteiger partial charge on any atom is 0.255 e. The molecule has 1 N–H and O–H groups in total. The summed E-state index contributed by atoms with van der Waals surface area (Å²) in [5.74, 6) is -11.4. The molecule has 0 fully saturated rings. The molecule has 0 saturated carbocycles. The molecule has 0 atom stereocenters. The molecule has 2 aromatic rings. The summed E-state index contributed by atoms with van der Waals surface area (Å²) in [4.78, 5) is 0. The molecule has 0 aliphatic carbocycles. The highest BCUT2D eigenvalue weighted by Gasteiger charge is 2.27. The molecular formula is C14H8F5NO2S. The van der Waals surface area contributed by atoms with Crippen LogP contribution in [0, 0.1) is 29.1 Å².